The number of pyridine rings is 1. The van der Waals surface area contributed by atoms with Gasteiger partial charge in [0.15, 0.2) is 11.0 Å². The van der Waals surface area contributed by atoms with Crippen LogP contribution in [0.1, 0.15) is 41.6 Å². The molecular weight excluding hydrogens is 496 g/mol. The van der Waals surface area contributed by atoms with E-state index in [1.54, 1.807) is 11.7 Å². The minimum Gasteiger partial charge on any atom is -0.477 e. The van der Waals surface area contributed by atoms with Crippen LogP contribution in [0.5, 0.6) is 0 Å². The second kappa shape index (κ2) is 10.2. The Morgan fingerprint density at radius 2 is 1.92 bits per heavy atom. The van der Waals surface area contributed by atoms with Gasteiger partial charge in [-0.1, -0.05) is 6.07 Å². The molecule has 39 heavy (non-hydrogen) atoms. The van der Waals surface area contributed by atoms with Gasteiger partial charge >= 0.3 is 5.97 Å². The second-order valence-corrected chi connectivity index (χ2v) is 10.4. The molecule has 2 aromatic carbocycles. The first-order valence-corrected chi connectivity index (χ1v) is 13.5. The molecule has 9 heteroatoms. The summed E-state index contributed by atoms with van der Waals surface area (Å²) in [5, 5.41) is 9.70. The zero-order chi connectivity index (χ0) is 27.1. The highest BCUT2D eigenvalue weighted by atomic mass is 16.5. The van der Waals surface area contributed by atoms with Crippen LogP contribution in [0.2, 0.25) is 0 Å². The van der Waals surface area contributed by atoms with Crippen molar-refractivity contribution in [2.75, 3.05) is 43.2 Å². The zero-order valence-electron chi connectivity index (χ0n) is 22.2. The third kappa shape index (κ3) is 4.67. The summed E-state index contributed by atoms with van der Waals surface area (Å²) in [6.45, 7) is 5.62. The van der Waals surface area contributed by atoms with Crippen molar-refractivity contribution < 1.29 is 19.1 Å². The van der Waals surface area contributed by atoms with E-state index >= 15 is 0 Å². The van der Waals surface area contributed by atoms with Gasteiger partial charge in [-0.25, -0.2) is 4.79 Å². The van der Waals surface area contributed by atoms with Crippen LogP contribution < -0.4 is 15.2 Å². The monoisotopic (exact) mass is 528 g/mol. The minimum atomic E-state index is -1.26. The fourth-order valence-corrected chi connectivity index (χ4v) is 5.89. The maximum atomic E-state index is 12.8. The average Bonchev–Trinajstić information content (AvgIpc) is 3.69. The second-order valence-electron chi connectivity index (χ2n) is 10.4. The van der Waals surface area contributed by atoms with E-state index in [0.717, 1.165) is 43.6 Å². The van der Waals surface area contributed by atoms with Crippen molar-refractivity contribution in [1.82, 2.24) is 9.55 Å². The number of nitrogens with zero attached hydrogens (tertiary/aromatic N) is 4. The fraction of sp³-hybridized carbons (Fsp3) is 0.367. The van der Waals surface area contributed by atoms with Gasteiger partial charge in [-0.3, -0.25) is 4.79 Å². The lowest BCUT2D eigenvalue weighted by molar-refractivity contribution is 0.0695. The molecule has 6 rings (SSSR count). The first-order chi connectivity index (χ1) is 18.9. The highest BCUT2D eigenvalue weighted by Gasteiger charge is 2.28. The Bertz CT molecular complexity index is 1600. The lowest BCUT2D eigenvalue weighted by Crippen LogP contribution is -2.32. The molecule has 0 amide bonds. The Balaban J connectivity index is 1.43. The third-order valence-corrected chi connectivity index (χ3v) is 7.84. The van der Waals surface area contributed by atoms with Gasteiger partial charge in [0.05, 0.1) is 18.3 Å². The molecule has 2 aliphatic heterocycles. The molecule has 0 unspecified atom stereocenters. The predicted octanol–water partition coefficient (Wildman–Crippen LogP) is 4.87. The molecule has 4 heterocycles. The number of carbonyl (C=O) groups is 1. The van der Waals surface area contributed by atoms with Gasteiger partial charge in [0.2, 0.25) is 0 Å². The summed E-state index contributed by atoms with van der Waals surface area (Å²) >= 11 is 0. The van der Waals surface area contributed by atoms with Gasteiger partial charge in [-0.2, -0.15) is 4.98 Å². The van der Waals surface area contributed by atoms with Crippen molar-refractivity contribution in [3.8, 4) is 16.9 Å². The highest BCUT2D eigenvalue weighted by molar-refractivity contribution is 5.88. The van der Waals surface area contributed by atoms with Crippen LogP contribution in [0.15, 0.2) is 57.9 Å². The van der Waals surface area contributed by atoms with Crippen LogP contribution in [0.3, 0.4) is 0 Å². The zero-order valence-corrected chi connectivity index (χ0v) is 22.2. The van der Waals surface area contributed by atoms with Gasteiger partial charge in [-0.05, 0) is 68.0 Å². The number of aromatic carboxylic acids is 1. The number of anilines is 2. The SMILES string of the molecule is COC[C@H]1CCCN1c1nc2ccc(-n3cc(C(=O)O)c(=O)cc3-c3ccc(N4CCCC4)c(C)c3)cc2o1. The molecule has 9 nitrogen and oxygen atoms in total. The number of rotatable bonds is 7. The lowest BCUT2D eigenvalue weighted by Gasteiger charge is -2.21. The molecule has 2 saturated heterocycles. The van der Waals surface area contributed by atoms with E-state index in [1.165, 1.54) is 30.8 Å². The number of methoxy groups -OCH3 is 1. The standard InChI is InChI=1S/C30H32N4O5/c1-19-14-20(7-10-25(19)32-11-3-4-12-32)26-16-27(35)23(29(36)37)17-34(26)21-8-9-24-28(15-21)39-30(31-24)33-13-5-6-22(33)18-38-2/h7-10,14-17,22H,3-6,11-13,18H2,1-2H3,(H,36,37)/t22-/m1/s1. The van der Waals surface area contributed by atoms with Gasteiger partial charge in [0, 0.05) is 56.4 Å². The Morgan fingerprint density at radius 1 is 1.10 bits per heavy atom. The summed E-state index contributed by atoms with van der Waals surface area (Å²) in [5.74, 6) is -1.26. The van der Waals surface area contributed by atoms with Gasteiger partial charge in [0.25, 0.3) is 6.01 Å². The Kier molecular flexibility index (Phi) is 6.60. The van der Waals surface area contributed by atoms with Crippen LogP contribution in [0, 0.1) is 6.92 Å². The van der Waals surface area contributed by atoms with E-state index < -0.39 is 11.4 Å². The summed E-state index contributed by atoms with van der Waals surface area (Å²) in [4.78, 5) is 33.9. The smallest absolute Gasteiger partial charge is 0.341 e. The van der Waals surface area contributed by atoms with Gasteiger partial charge < -0.3 is 28.6 Å². The topological polar surface area (TPSA) is 101 Å². The molecule has 2 fully saturated rings. The quantitative estimate of drug-likeness (QED) is 0.363. The number of carboxylic acids is 1. The normalized spacial score (nSPS) is 17.4. The number of ether oxygens (including phenoxy) is 1. The van der Waals surface area contributed by atoms with Crippen molar-refractivity contribution >= 4 is 28.8 Å². The largest absolute Gasteiger partial charge is 0.477 e. The molecule has 0 saturated carbocycles. The molecule has 1 N–H and O–H groups in total. The summed E-state index contributed by atoms with van der Waals surface area (Å²) in [6, 6.07) is 13.9. The number of carboxylic acid groups (broad SMARTS) is 1. The summed E-state index contributed by atoms with van der Waals surface area (Å²) in [6.07, 6.45) is 5.85. The van der Waals surface area contributed by atoms with Crippen molar-refractivity contribution in [2.24, 2.45) is 0 Å². The summed E-state index contributed by atoms with van der Waals surface area (Å²) < 4.78 is 13.3. The van der Waals surface area contributed by atoms with E-state index in [1.807, 2.05) is 24.3 Å². The Labute approximate surface area is 226 Å². The van der Waals surface area contributed by atoms with Gasteiger partial charge in [-0.15, -0.1) is 0 Å². The van der Waals surface area contributed by atoms with E-state index in [4.69, 9.17) is 14.1 Å². The Hall–Kier alpha value is -4.11. The number of oxazole rings is 1. The molecule has 1 atom stereocenters. The first-order valence-electron chi connectivity index (χ1n) is 13.5. The van der Waals surface area contributed by atoms with Crippen molar-refractivity contribution in [2.45, 2.75) is 38.6 Å². The van der Waals surface area contributed by atoms with Crippen molar-refractivity contribution in [3.05, 3.63) is 70.0 Å². The van der Waals surface area contributed by atoms with E-state index in [9.17, 15) is 14.7 Å². The number of hydrogen-bond donors (Lipinski definition) is 1. The fourth-order valence-electron chi connectivity index (χ4n) is 5.89. The molecule has 4 aromatic rings. The van der Waals surface area contributed by atoms with Crippen LogP contribution >= 0.6 is 0 Å². The van der Waals surface area contributed by atoms with E-state index in [-0.39, 0.29) is 11.6 Å². The number of aryl methyl sites for hydroxylation is 1. The summed E-state index contributed by atoms with van der Waals surface area (Å²) in [5.41, 5.74) is 4.91. The molecular formula is C30H32N4O5. The maximum absolute atomic E-state index is 12.8. The van der Waals surface area contributed by atoms with Crippen molar-refractivity contribution in [1.29, 1.82) is 0 Å². The molecule has 0 aliphatic carbocycles. The first kappa shape index (κ1) is 25.2. The van der Waals surface area contributed by atoms with Crippen LogP contribution in [0.25, 0.3) is 28.0 Å². The molecule has 202 valence electrons. The highest BCUT2D eigenvalue weighted by Crippen LogP contribution is 2.33. The van der Waals surface area contributed by atoms with Crippen molar-refractivity contribution in [3.63, 3.8) is 0 Å². The van der Waals surface area contributed by atoms with Crippen LogP contribution in [0.4, 0.5) is 11.7 Å². The number of fused-ring (bicyclic) bond motifs is 1. The van der Waals surface area contributed by atoms with Crippen LogP contribution in [-0.4, -0.2) is 60.0 Å². The van der Waals surface area contributed by atoms with E-state index in [0.29, 0.717) is 35.1 Å². The van der Waals surface area contributed by atoms with Gasteiger partial charge in [0.1, 0.15) is 11.1 Å². The molecule has 0 radical (unpaired) electrons. The molecule has 2 aromatic heterocycles. The molecule has 0 bridgehead atoms. The number of hydrogen-bond acceptors (Lipinski definition) is 7. The van der Waals surface area contributed by atoms with Crippen LogP contribution in [-0.2, 0) is 4.74 Å². The van der Waals surface area contributed by atoms with E-state index in [2.05, 4.69) is 28.9 Å². The Morgan fingerprint density at radius 3 is 2.67 bits per heavy atom. The third-order valence-electron chi connectivity index (χ3n) is 7.84. The summed E-state index contributed by atoms with van der Waals surface area (Å²) in [7, 11) is 1.70. The number of aromatic nitrogens is 2. The average molecular weight is 529 g/mol. The minimum absolute atomic E-state index is 0.220. The lowest BCUT2D eigenvalue weighted by atomic mass is 10.0. The molecule has 2 aliphatic rings. The number of benzene rings is 2. The predicted molar refractivity (Wildman–Crippen MR) is 150 cm³/mol. The maximum Gasteiger partial charge on any atom is 0.341 e. The molecule has 0 spiro atoms.